The first-order chi connectivity index (χ1) is 16.8. The summed E-state index contributed by atoms with van der Waals surface area (Å²) in [5.41, 5.74) is 0. The zero-order valence-electron chi connectivity index (χ0n) is 22.8. The summed E-state index contributed by atoms with van der Waals surface area (Å²) in [5.74, 6) is 2.40. The third kappa shape index (κ3) is 23.6. The van der Waals surface area contributed by atoms with E-state index in [-0.39, 0.29) is 5.04 Å². The molecule has 10 heteroatoms. The van der Waals surface area contributed by atoms with Gasteiger partial charge in [-0.1, -0.05) is 26.7 Å². The number of hydrogen-bond donors (Lipinski definition) is 0. The van der Waals surface area contributed by atoms with Crippen LogP contribution in [0.15, 0.2) is 0 Å². The molecule has 0 aromatic carbocycles. The molecular weight excluding hydrogens is 472 g/mol. The Kier molecular flexibility index (Phi) is 23.4. The quantitative estimate of drug-likeness (QED) is 0.0967. The van der Waals surface area contributed by atoms with Crippen LogP contribution in [0.4, 0.5) is 0 Å². The van der Waals surface area contributed by atoms with Crippen LogP contribution < -0.4 is 0 Å². The van der Waals surface area contributed by atoms with Gasteiger partial charge in [-0.2, -0.15) is 0 Å². The fourth-order valence-corrected chi connectivity index (χ4v) is 3.27. The fourth-order valence-electron chi connectivity index (χ4n) is 2.24. The smallest absolute Gasteiger partial charge is 0.192 e. The van der Waals surface area contributed by atoms with Gasteiger partial charge in [-0.15, -0.1) is 6.42 Å². The van der Waals surface area contributed by atoms with Gasteiger partial charge in [-0.05, 0) is 18.1 Å². The molecule has 0 rings (SSSR count). The van der Waals surface area contributed by atoms with Crippen molar-refractivity contribution in [1.29, 1.82) is 0 Å². The average Bonchev–Trinajstić information content (AvgIpc) is 2.80. The molecule has 208 valence electrons. The maximum Gasteiger partial charge on any atom is 0.192 e. The largest absolute Gasteiger partial charge is 0.414 e. The summed E-state index contributed by atoms with van der Waals surface area (Å²) in [6, 6.07) is 0. The molecule has 35 heavy (non-hydrogen) atoms. The predicted molar refractivity (Wildman–Crippen MR) is 139 cm³/mol. The van der Waals surface area contributed by atoms with Crippen molar-refractivity contribution in [3.05, 3.63) is 0 Å². The van der Waals surface area contributed by atoms with E-state index in [0.717, 1.165) is 0 Å². The molecule has 0 atom stereocenters. The Balaban J connectivity index is 3.15. The van der Waals surface area contributed by atoms with E-state index in [2.05, 4.69) is 39.8 Å². The van der Waals surface area contributed by atoms with Gasteiger partial charge in [0, 0.05) is 0 Å². The lowest BCUT2D eigenvalue weighted by atomic mass is 10.2. The number of ether oxygens (including phenoxy) is 8. The third-order valence-electron chi connectivity index (χ3n) is 5.29. The molecular formula is C25H50O9Si. The molecule has 0 aliphatic rings. The molecule has 0 aliphatic heterocycles. The standard InChI is InChI=1S/C25H50O9Si/c1-7-8-26-9-10-27-11-12-28-13-14-29-15-16-30-17-18-31-19-20-32-21-22-33-23-24-34-35(5,6)25(2,3)4/h1H,8-24H2,2-6H3. The van der Waals surface area contributed by atoms with Crippen molar-refractivity contribution < 1.29 is 42.3 Å². The van der Waals surface area contributed by atoms with Crippen molar-refractivity contribution >= 4 is 8.32 Å². The lowest BCUT2D eigenvalue weighted by Crippen LogP contribution is -2.41. The Labute approximate surface area is 214 Å². The topological polar surface area (TPSA) is 83.1 Å². The van der Waals surface area contributed by atoms with Crippen LogP contribution in [0.2, 0.25) is 18.1 Å². The highest BCUT2D eigenvalue weighted by molar-refractivity contribution is 6.74. The van der Waals surface area contributed by atoms with Crippen molar-refractivity contribution in [2.45, 2.75) is 38.9 Å². The van der Waals surface area contributed by atoms with Crippen LogP contribution in [-0.2, 0) is 42.3 Å². The maximum absolute atomic E-state index is 6.06. The second-order valence-electron chi connectivity index (χ2n) is 9.15. The first-order valence-electron chi connectivity index (χ1n) is 12.5. The summed E-state index contributed by atoms with van der Waals surface area (Å²) in [6.45, 7) is 20.1. The molecule has 0 saturated heterocycles. The lowest BCUT2D eigenvalue weighted by molar-refractivity contribution is -0.0231. The number of hydrogen-bond acceptors (Lipinski definition) is 9. The molecule has 0 N–H and O–H groups in total. The van der Waals surface area contributed by atoms with E-state index in [1.165, 1.54) is 0 Å². The van der Waals surface area contributed by atoms with E-state index in [9.17, 15) is 0 Å². The van der Waals surface area contributed by atoms with E-state index in [1.807, 2.05) is 0 Å². The van der Waals surface area contributed by atoms with Gasteiger partial charge in [-0.3, -0.25) is 0 Å². The van der Waals surface area contributed by atoms with Gasteiger partial charge < -0.3 is 42.3 Å². The second kappa shape index (κ2) is 23.8. The minimum atomic E-state index is -1.69. The van der Waals surface area contributed by atoms with Gasteiger partial charge in [0.15, 0.2) is 8.32 Å². The summed E-state index contributed by atoms with van der Waals surface area (Å²) in [4.78, 5) is 0. The zero-order valence-corrected chi connectivity index (χ0v) is 23.8. The van der Waals surface area contributed by atoms with Crippen LogP contribution in [0.1, 0.15) is 20.8 Å². The van der Waals surface area contributed by atoms with Crippen molar-refractivity contribution in [2.75, 3.05) is 112 Å². The Hall–Kier alpha value is -0.583. The van der Waals surface area contributed by atoms with Crippen LogP contribution in [0.3, 0.4) is 0 Å². The SMILES string of the molecule is C#CCOCCOCCOCCOCCOCCOCCOCCOCCO[Si](C)(C)C(C)(C)C. The first-order valence-corrected chi connectivity index (χ1v) is 15.4. The number of terminal acetylenes is 1. The summed E-state index contributed by atoms with van der Waals surface area (Å²) >= 11 is 0. The van der Waals surface area contributed by atoms with Gasteiger partial charge in [-0.25, -0.2) is 0 Å². The van der Waals surface area contributed by atoms with Gasteiger partial charge in [0.2, 0.25) is 0 Å². The minimum Gasteiger partial charge on any atom is -0.414 e. The summed E-state index contributed by atoms with van der Waals surface area (Å²) in [6.07, 6.45) is 5.07. The molecule has 0 fully saturated rings. The van der Waals surface area contributed by atoms with Gasteiger partial charge >= 0.3 is 0 Å². The molecule has 0 radical (unpaired) electrons. The predicted octanol–water partition coefficient (Wildman–Crippen LogP) is 2.77. The molecule has 0 aromatic rings. The van der Waals surface area contributed by atoms with Crippen LogP contribution in [0.5, 0.6) is 0 Å². The van der Waals surface area contributed by atoms with Crippen LogP contribution in [0, 0.1) is 12.3 Å². The van der Waals surface area contributed by atoms with Gasteiger partial charge in [0.05, 0.1) is 106 Å². The molecule has 0 saturated carbocycles. The fraction of sp³-hybridized carbons (Fsp3) is 0.920. The highest BCUT2D eigenvalue weighted by atomic mass is 28.4. The Bertz CT molecular complexity index is 492. The highest BCUT2D eigenvalue weighted by Gasteiger charge is 2.36. The highest BCUT2D eigenvalue weighted by Crippen LogP contribution is 2.36. The second-order valence-corrected chi connectivity index (χ2v) is 14.0. The molecule has 0 unspecified atom stereocenters. The third-order valence-corrected chi connectivity index (χ3v) is 9.82. The van der Waals surface area contributed by atoms with E-state index < -0.39 is 8.32 Å². The van der Waals surface area contributed by atoms with Crippen molar-refractivity contribution in [3.8, 4) is 12.3 Å². The summed E-state index contributed by atoms with van der Waals surface area (Å²) in [5, 5.41) is 0.223. The van der Waals surface area contributed by atoms with Crippen molar-refractivity contribution in [1.82, 2.24) is 0 Å². The van der Waals surface area contributed by atoms with Crippen LogP contribution in [0.25, 0.3) is 0 Å². The zero-order chi connectivity index (χ0) is 26.1. The molecule has 0 aliphatic carbocycles. The average molecular weight is 523 g/mol. The number of rotatable bonds is 26. The van der Waals surface area contributed by atoms with E-state index in [4.69, 9.17) is 48.7 Å². The normalized spacial score (nSPS) is 12.2. The Morgan fingerprint density at radius 2 is 0.743 bits per heavy atom. The maximum atomic E-state index is 6.06. The molecule has 0 heterocycles. The minimum absolute atomic E-state index is 0.223. The Morgan fingerprint density at radius 1 is 0.486 bits per heavy atom. The van der Waals surface area contributed by atoms with Crippen LogP contribution in [-0.4, -0.2) is 121 Å². The van der Waals surface area contributed by atoms with E-state index in [1.54, 1.807) is 0 Å². The molecule has 0 amide bonds. The molecule has 0 bridgehead atoms. The molecule has 0 aromatic heterocycles. The van der Waals surface area contributed by atoms with E-state index >= 15 is 0 Å². The molecule has 9 nitrogen and oxygen atoms in total. The van der Waals surface area contributed by atoms with E-state index in [0.29, 0.717) is 112 Å². The van der Waals surface area contributed by atoms with Gasteiger partial charge in [0.1, 0.15) is 6.61 Å². The van der Waals surface area contributed by atoms with Crippen molar-refractivity contribution in [2.24, 2.45) is 0 Å². The Morgan fingerprint density at radius 3 is 1.00 bits per heavy atom. The molecule has 0 spiro atoms. The lowest BCUT2D eigenvalue weighted by Gasteiger charge is -2.36. The summed E-state index contributed by atoms with van der Waals surface area (Å²) in [7, 11) is -1.69. The van der Waals surface area contributed by atoms with Crippen molar-refractivity contribution in [3.63, 3.8) is 0 Å². The first kappa shape index (κ1) is 34.4. The van der Waals surface area contributed by atoms with Crippen LogP contribution >= 0.6 is 0 Å². The monoisotopic (exact) mass is 522 g/mol. The van der Waals surface area contributed by atoms with Gasteiger partial charge in [0.25, 0.3) is 0 Å². The summed E-state index contributed by atoms with van der Waals surface area (Å²) < 4.78 is 49.3.